The van der Waals surface area contributed by atoms with Crippen LogP contribution in [0.4, 0.5) is 0 Å². The molecule has 0 aromatic rings. The van der Waals surface area contributed by atoms with Crippen molar-refractivity contribution in [2.75, 3.05) is 24.6 Å². The van der Waals surface area contributed by atoms with Gasteiger partial charge in [-0.15, -0.1) is 0 Å². The molecule has 0 aromatic carbocycles. The summed E-state index contributed by atoms with van der Waals surface area (Å²) in [6.45, 7) is 5.35. The molecule has 0 aliphatic rings. The normalized spacial score (nSPS) is 12.7. The fraction of sp³-hybridized carbons (Fsp3) is 0.889. The van der Waals surface area contributed by atoms with Crippen LogP contribution in [-0.4, -0.2) is 44.1 Å². The van der Waals surface area contributed by atoms with Gasteiger partial charge in [0.2, 0.25) is 0 Å². The number of rotatable bonds is 7. The Morgan fingerprint density at radius 3 is 2.33 bits per heavy atom. The number of sulfone groups is 1. The second kappa shape index (κ2) is 5.46. The van der Waals surface area contributed by atoms with Gasteiger partial charge in [-0.3, -0.25) is 4.79 Å². The molecule has 6 heteroatoms. The molecular weight excluding hydrogens is 218 g/mol. The third-order valence-corrected chi connectivity index (χ3v) is 3.88. The van der Waals surface area contributed by atoms with E-state index in [-0.39, 0.29) is 18.1 Å². The van der Waals surface area contributed by atoms with Crippen LogP contribution in [0.1, 0.15) is 20.8 Å². The molecule has 0 heterocycles. The molecule has 0 amide bonds. The molecular formula is C9H19NO4S. The first-order chi connectivity index (χ1) is 6.71. The van der Waals surface area contributed by atoms with Gasteiger partial charge in [0.1, 0.15) is 0 Å². The van der Waals surface area contributed by atoms with Gasteiger partial charge in [0.05, 0.1) is 11.2 Å². The molecule has 0 bridgehead atoms. The van der Waals surface area contributed by atoms with E-state index in [0.717, 1.165) is 0 Å². The zero-order valence-electron chi connectivity index (χ0n) is 9.41. The minimum absolute atomic E-state index is 0.0548. The number of carboxylic acids is 1. The second-order valence-electron chi connectivity index (χ2n) is 4.10. The average molecular weight is 237 g/mol. The molecule has 0 aromatic heterocycles. The smallest absolute Gasteiger partial charge is 0.310 e. The summed E-state index contributed by atoms with van der Waals surface area (Å²) in [4.78, 5) is 10.7. The Bertz CT molecular complexity index is 308. The number of hydrogen-bond acceptors (Lipinski definition) is 4. The maximum atomic E-state index is 11.1. The Labute approximate surface area is 90.8 Å². The summed E-state index contributed by atoms with van der Waals surface area (Å²) in [7, 11) is -2.97. The van der Waals surface area contributed by atoms with E-state index < -0.39 is 21.2 Å². The van der Waals surface area contributed by atoms with Gasteiger partial charge >= 0.3 is 5.97 Å². The van der Waals surface area contributed by atoms with Crippen molar-refractivity contribution >= 4 is 15.8 Å². The van der Waals surface area contributed by atoms with Crippen LogP contribution in [0.25, 0.3) is 0 Å². The Morgan fingerprint density at radius 1 is 1.40 bits per heavy atom. The minimum Gasteiger partial charge on any atom is -0.481 e. The molecule has 0 fully saturated rings. The molecule has 0 radical (unpaired) electrons. The van der Waals surface area contributed by atoms with Gasteiger partial charge in [-0.05, 0) is 13.8 Å². The van der Waals surface area contributed by atoms with Crippen LogP contribution in [0, 0.1) is 5.41 Å². The Hall–Kier alpha value is -0.620. The molecule has 0 aliphatic heterocycles. The van der Waals surface area contributed by atoms with Crippen LogP contribution in [0.15, 0.2) is 0 Å². The molecule has 0 rings (SSSR count). The molecule has 0 saturated carbocycles. The van der Waals surface area contributed by atoms with Crippen LogP contribution in [-0.2, 0) is 14.6 Å². The number of carbonyl (C=O) groups is 1. The highest BCUT2D eigenvalue weighted by molar-refractivity contribution is 7.91. The van der Waals surface area contributed by atoms with Gasteiger partial charge in [-0.1, -0.05) is 6.92 Å². The lowest BCUT2D eigenvalue weighted by Gasteiger charge is -2.19. The van der Waals surface area contributed by atoms with Crippen LogP contribution < -0.4 is 5.32 Å². The summed E-state index contributed by atoms with van der Waals surface area (Å²) < 4.78 is 22.2. The Morgan fingerprint density at radius 2 is 1.93 bits per heavy atom. The summed E-state index contributed by atoms with van der Waals surface area (Å²) in [6.07, 6.45) is 0. The quantitative estimate of drug-likeness (QED) is 0.615. The van der Waals surface area contributed by atoms with Gasteiger partial charge in [0.15, 0.2) is 9.84 Å². The lowest BCUT2D eigenvalue weighted by molar-refractivity contribution is -0.146. The van der Waals surface area contributed by atoms with Crippen LogP contribution >= 0.6 is 0 Å². The Balaban J connectivity index is 3.87. The van der Waals surface area contributed by atoms with Crippen molar-refractivity contribution in [2.45, 2.75) is 20.8 Å². The summed E-state index contributed by atoms with van der Waals surface area (Å²) in [5.74, 6) is -0.718. The standard InChI is InChI=1S/C9H19NO4S/c1-4-15(13,14)6-5-10-7-9(2,3)8(11)12/h10H,4-7H2,1-3H3,(H,11,12). The van der Waals surface area contributed by atoms with Gasteiger partial charge in [-0.25, -0.2) is 8.42 Å². The lowest BCUT2D eigenvalue weighted by atomic mass is 9.94. The number of aliphatic carboxylic acids is 1. The molecule has 15 heavy (non-hydrogen) atoms. The first-order valence-corrected chi connectivity index (χ1v) is 6.68. The zero-order chi connectivity index (χ0) is 12.1. The molecule has 0 saturated heterocycles. The molecule has 0 aliphatic carbocycles. The third kappa shape index (κ3) is 5.74. The average Bonchev–Trinajstić information content (AvgIpc) is 2.12. The Kier molecular flexibility index (Phi) is 5.23. The summed E-state index contributed by atoms with van der Waals surface area (Å²) in [6, 6.07) is 0. The largest absolute Gasteiger partial charge is 0.481 e. The highest BCUT2D eigenvalue weighted by Gasteiger charge is 2.26. The van der Waals surface area contributed by atoms with E-state index in [1.807, 2.05) is 0 Å². The maximum absolute atomic E-state index is 11.1. The number of carboxylic acid groups (broad SMARTS) is 1. The van der Waals surface area contributed by atoms with Crippen LogP contribution in [0.2, 0.25) is 0 Å². The van der Waals surface area contributed by atoms with E-state index in [9.17, 15) is 13.2 Å². The monoisotopic (exact) mass is 237 g/mol. The van der Waals surface area contributed by atoms with Crippen LogP contribution in [0.5, 0.6) is 0 Å². The maximum Gasteiger partial charge on any atom is 0.310 e. The van der Waals surface area contributed by atoms with Gasteiger partial charge in [0, 0.05) is 18.8 Å². The van der Waals surface area contributed by atoms with Crippen LogP contribution in [0.3, 0.4) is 0 Å². The summed E-state index contributed by atoms with van der Waals surface area (Å²) in [5, 5.41) is 11.6. The zero-order valence-corrected chi connectivity index (χ0v) is 10.2. The SMILES string of the molecule is CCS(=O)(=O)CCNCC(C)(C)C(=O)O. The number of nitrogens with one attached hydrogen (secondary N) is 1. The fourth-order valence-electron chi connectivity index (χ4n) is 0.849. The van der Waals surface area contributed by atoms with Crippen molar-refractivity contribution in [1.29, 1.82) is 0 Å². The fourth-order valence-corrected chi connectivity index (χ4v) is 1.59. The van der Waals surface area contributed by atoms with E-state index in [1.54, 1.807) is 20.8 Å². The predicted octanol–water partition coefficient (Wildman–Crippen LogP) is 0.122. The highest BCUT2D eigenvalue weighted by atomic mass is 32.2. The van der Waals surface area contributed by atoms with Crippen molar-refractivity contribution < 1.29 is 18.3 Å². The molecule has 90 valence electrons. The van der Waals surface area contributed by atoms with E-state index in [2.05, 4.69) is 5.32 Å². The van der Waals surface area contributed by atoms with Gasteiger partial charge in [0.25, 0.3) is 0 Å². The molecule has 2 N–H and O–H groups in total. The third-order valence-electron chi connectivity index (χ3n) is 2.18. The topological polar surface area (TPSA) is 83.5 Å². The van der Waals surface area contributed by atoms with Crippen molar-refractivity contribution in [2.24, 2.45) is 5.41 Å². The second-order valence-corrected chi connectivity index (χ2v) is 6.57. The highest BCUT2D eigenvalue weighted by Crippen LogP contribution is 2.12. The molecule has 5 nitrogen and oxygen atoms in total. The van der Waals surface area contributed by atoms with E-state index in [1.165, 1.54) is 0 Å². The molecule has 0 spiro atoms. The first kappa shape index (κ1) is 14.4. The minimum atomic E-state index is -2.97. The first-order valence-electron chi connectivity index (χ1n) is 4.86. The summed E-state index contributed by atoms with van der Waals surface area (Å²) >= 11 is 0. The molecule has 0 unspecified atom stereocenters. The summed E-state index contributed by atoms with van der Waals surface area (Å²) in [5.41, 5.74) is -0.865. The van der Waals surface area contributed by atoms with Gasteiger partial charge in [-0.2, -0.15) is 0 Å². The number of hydrogen-bond donors (Lipinski definition) is 2. The lowest BCUT2D eigenvalue weighted by Crippen LogP contribution is -2.37. The predicted molar refractivity (Wildman–Crippen MR) is 58.6 cm³/mol. The van der Waals surface area contributed by atoms with E-state index in [0.29, 0.717) is 6.54 Å². The molecule has 0 atom stereocenters. The van der Waals surface area contributed by atoms with E-state index in [4.69, 9.17) is 5.11 Å². The van der Waals surface area contributed by atoms with Gasteiger partial charge < -0.3 is 10.4 Å². The van der Waals surface area contributed by atoms with Crippen molar-refractivity contribution in [3.8, 4) is 0 Å². The van der Waals surface area contributed by atoms with E-state index >= 15 is 0 Å². The van der Waals surface area contributed by atoms with Crippen molar-refractivity contribution in [3.05, 3.63) is 0 Å². The van der Waals surface area contributed by atoms with Crippen molar-refractivity contribution in [3.63, 3.8) is 0 Å². The van der Waals surface area contributed by atoms with Crippen molar-refractivity contribution in [1.82, 2.24) is 5.32 Å².